The van der Waals surface area contributed by atoms with Crippen molar-refractivity contribution in [1.82, 2.24) is 19.6 Å². The Balaban J connectivity index is 4.25. The summed E-state index contributed by atoms with van der Waals surface area (Å²) in [6.07, 6.45) is 3.09. The molecule has 4 atom stereocenters. The third kappa shape index (κ3) is 17.7. The second-order valence-corrected chi connectivity index (χ2v) is 17.8. The number of rotatable bonds is 27. The van der Waals surface area contributed by atoms with Crippen molar-refractivity contribution in [3.05, 3.63) is 0 Å². The lowest BCUT2D eigenvalue weighted by Crippen LogP contribution is -2.47. The third-order valence-electron chi connectivity index (χ3n) is 7.60. The Morgan fingerprint density at radius 2 is 0.842 bits per heavy atom. The molecule has 0 aromatic carbocycles. The van der Waals surface area contributed by atoms with Crippen molar-refractivity contribution in [1.29, 1.82) is 0 Å². The maximum absolute atomic E-state index is 6.69. The van der Waals surface area contributed by atoms with Crippen LogP contribution in [0.15, 0.2) is 0 Å². The smallest absolute Gasteiger partial charge is 0.176 e. The number of hydrogen-bond acceptors (Lipinski definition) is 8. The SMILES string of the molecule is CCN(CC)CC(O[SiH](C)CCCSSCCC[SiH](C)OC(CN(CC)CC)N(CC)CC)N(CC)CC. The minimum Gasteiger partial charge on any atom is -0.404 e. The van der Waals surface area contributed by atoms with E-state index < -0.39 is 18.1 Å². The van der Waals surface area contributed by atoms with Crippen LogP contribution in [0.2, 0.25) is 25.2 Å². The van der Waals surface area contributed by atoms with E-state index in [1.165, 1.54) is 36.4 Å². The minimum absolute atomic E-state index is 0.260. The Morgan fingerprint density at radius 1 is 0.526 bits per heavy atom. The Bertz CT molecular complexity index is 471. The van der Waals surface area contributed by atoms with E-state index in [2.05, 4.69) is 110 Å². The molecule has 0 radical (unpaired) electrons. The highest BCUT2D eigenvalue weighted by Gasteiger charge is 2.23. The number of hydrogen-bond donors (Lipinski definition) is 0. The molecule has 38 heavy (non-hydrogen) atoms. The fourth-order valence-corrected chi connectivity index (χ4v) is 11.0. The van der Waals surface area contributed by atoms with E-state index >= 15 is 0 Å². The summed E-state index contributed by atoms with van der Waals surface area (Å²) in [6.45, 7) is 33.6. The highest BCUT2D eigenvalue weighted by Crippen LogP contribution is 2.25. The van der Waals surface area contributed by atoms with Gasteiger partial charge in [-0.15, -0.1) is 0 Å². The van der Waals surface area contributed by atoms with E-state index in [0.29, 0.717) is 0 Å². The lowest BCUT2D eigenvalue weighted by atomic mass is 10.4. The molecular formula is C28H66N4O2S2Si2. The summed E-state index contributed by atoms with van der Waals surface area (Å²) in [5, 5.41) is 0. The van der Waals surface area contributed by atoms with Gasteiger partial charge in [0.2, 0.25) is 0 Å². The molecule has 0 saturated heterocycles. The standard InChI is InChI=1S/C28H66N4O2S2Si2/c1-11-29(12-2)25-27(31(15-5)16-6)33-37(9)23-19-21-35-36-22-20-24-38(10)34-28(32(17-7)18-8)26-30(13-3)14-4/h27-28,37-38H,11-26H2,1-10H3. The van der Waals surface area contributed by atoms with Gasteiger partial charge in [-0.05, 0) is 90.4 Å². The van der Waals surface area contributed by atoms with Crippen LogP contribution in [-0.2, 0) is 8.85 Å². The zero-order chi connectivity index (χ0) is 28.8. The summed E-state index contributed by atoms with van der Waals surface area (Å²) in [6, 6.07) is 2.56. The van der Waals surface area contributed by atoms with Gasteiger partial charge in [-0.2, -0.15) is 0 Å². The van der Waals surface area contributed by atoms with Gasteiger partial charge >= 0.3 is 0 Å². The minimum atomic E-state index is -1.16. The van der Waals surface area contributed by atoms with E-state index in [-0.39, 0.29) is 12.5 Å². The largest absolute Gasteiger partial charge is 0.404 e. The first-order chi connectivity index (χ1) is 18.3. The molecule has 4 unspecified atom stereocenters. The monoisotopic (exact) mass is 610 g/mol. The van der Waals surface area contributed by atoms with Crippen LogP contribution in [0.5, 0.6) is 0 Å². The van der Waals surface area contributed by atoms with Crippen molar-refractivity contribution in [2.45, 2.75) is 106 Å². The molecule has 0 saturated carbocycles. The number of nitrogens with zero attached hydrogens (tertiary/aromatic N) is 4. The lowest BCUT2D eigenvalue weighted by molar-refractivity contribution is 0.00376. The van der Waals surface area contributed by atoms with Gasteiger partial charge in [0.05, 0.1) is 0 Å². The van der Waals surface area contributed by atoms with Crippen molar-refractivity contribution in [2.75, 3.05) is 77.0 Å². The lowest BCUT2D eigenvalue weighted by Gasteiger charge is -2.35. The Kier molecular flexibility index (Phi) is 26.2. The molecular weight excluding hydrogens is 545 g/mol. The average Bonchev–Trinajstić information content (AvgIpc) is 2.92. The first-order valence-corrected chi connectivity index (χ1v) is 23.2. The molecule has 0 fully saturated rings. The van der Waals surface area contributed by atoms with Crippen LogP contribution in [0.4, 0.5) is 0 Å². The van der Waals surface area contributed by atoms with Gasteiger partial charge < -0.3 is 8.85 Å². The molecule has 0 heterocycles. The van der Waals surface area contributed by atoms with E-state index in [9.17, 15) is 0 Å². The molecule has 0 bridgehead atoms. The molecule has 0 aliphatic heterocycles. The van der Waals surface area contributed by atoms with Gasteiger partial charge in [0.25, 0.3) is 0 Å². The molecule has 10 heteroatoms. The first-order valence-electron chi connectivity index (χ1n) is 15.8. The molecule has 0 aliphatic carbocycles. The van der Waals surface area contributed by atoms with Crippen LogP contribution in [0.3, 0.4) is 0 Å². The van der Waals surface area contributed by atoms with E-state index in [0.717, 1.165) is 65.4 Å². The summed E-state index contributed by atoms with van der Waals surface area (Å²) < 4.78 is 13.4. The summed E-state index contributed by atoms with van der Waals surface area (Å²) in [5.41, 5.74) is 0. The van der Waals surface area contributed by atoms with Crippen LogP contribution in [0.1, 0.15) is 68.2 Å². The normalized spacial score (nSPS) is 15.6. The van der Waals surface area contributed by atoms with Crippen molar-refractivity contribution in [3.63, 3.8) is 0 Å². The summed E-state index contributed by atoms with van der Waals surface area (Å²) in [7, 11) is 1.81. The topological polar surface area (TPSA) is 31.4 Å². The van der Waals surface area contributed by atoms with Crippen LogP contribution >= 0.6 is 21.6 Å². The van der Waals surface area contributed by atoms with E-state index in [1.54, 1.807) is 0 Å². The van der Waals surface area contributed by atoms with Gasteiger partial charge in [0.15, 0.2) is 18.1 Å². The Hall–Kier alpha value is 0.894. The molecule has 0 aromatic heterocycles. The zero-order valence-corrected chi connectivity index (χ0v) is 31.0. The summed E-state index contributed by atoms with van der Waals surface area (Å²) >= 11 is 0. The quantitative estimate of drug-likeness (QED) is 0.0491. The van der Waals surface area contributed by atoms with E-state index in [1.807, 2.05) is 0 Å². The zero-order valence-electron chi connectivity index (χ0n) is 27.0. The highest BCUT2D eigenvalue weighted by molar-refractivity contribution is 8.76. The van der Waals surface area contributed by atoms with Gasteiger partial charge in [-0.3, -0.25) is 19.6 Å². The fraction of sp³-hybridized carbons (Fsp3) is 1.00. The maximum Gasteiger partial charge on any atom is 0.176 e. The van der Waals surface area contributed by atoms with Crippen LogP contribution < -0.4 is 0 Å². The first kappa shape index (κ1) is 38.9. The predicted molar refractivity (Wildman–Crippen MR) is 181 cm³/mol. The average molecular weight is 611 g/mol. The maximum atomic E-state index is 6.69. The fourth-order valence-electron chi connectivity index (χ4n) is 4.81. The molecule has 230 valence electrons. The van der Waals surface area contributed by atoms with Crippen molar-refractivity contribution < 1.29 is 8.85 Å². The molecule has 0 aliphatic rings. The Labute approximate surface area is 250 Å². The second kappa shape index (κ2) is 25.6. The second-order valence-electron chi connectivity index (χ2n) is 10.1. The molecule has 6 nitrogen and oxygen atoms in total. The van der Waals surface area contributed by atoms with Gasteiger partial charge in [-0.25, -0.2) is 0 Å². The molecule has 0 N–H and O–H groups in total. The summed E-state index contributed by atoms with van der Waals surface area (Å²) in [5.74, 6) is 2.49. The van der Waals surface area contributed by atoms with Crippen molar-refractivity contribution >= 4 is 39.7 Å². The van der Waals surface area contributed by atoms with Crippen LogP contribution in [0.25, 0.3) is 0 Å². The van der Waals surface area contributed by atoms with Gasteiger partial charge in [0, 0.05) is 24.6 Å². The molecule has 0 amide bonds. The third-order valence-corrected chi connectivity index (χ3v) is 14.2. The molecule has 0 spiro atoms. The molecule has 0 aromatic rings. The van der Waals surface area contributed by atoms with Crippen LogP contribution in [-0.4, -0.2) is 127 Å². The van der Waals surface area contributed by atoms with Crippen LogP contribution in [0, 0.1) is 0 Å². The van der Waals surface area contributed by atoms with Crippen molar-refractivity contribution in [2.24, 2.45) is 0 Å². The van der Waals surface area contributed by atoms with E-state index in [4.69, 9.17) is 8.85 Å². The summed E-state index contributed by atoms with van der Waals surface area (Å²) in [4.78, 5) is 9.99. The number of likely N-dealkylation sites (N-methyl/N-ethyl adjacent to an activating group) is 4. The molecule has 0 rings (SSSR count). The van der Waals surface area contributed by atoms with Gasteiger partial charge in [0.1, 0.15) is 12.5 Å². The predicted octanol–water partition coefficient (Wildman–Crippen LogP) is 5.91. The van der Waals surface area contributed by atoms with Gasteiger partial charge in [-0.1, -0.05) is 77.0 Å². The Morgan fingerprint density at radius 3 is 1.11 bits per heavy atom. The highest BCUT2D eigenvalue weighted by atomic mass is 33.1. The van der Waals surface area contributed by atoms with Crippen molar-refractivity contribution in [3.8, 4) is 0 Å².